The van der Waals surface area contributed by atoms with Crippen molar-refractivity contribution in [3.63, 3.8) is 0 Å². The molecule has 4 aromatic carbocycles. The molecule has 0 unspecified atom stereocenters. The molecule has 31 heavy (non-hydrogen) atoms. The molecule has 0 nitrogen and oxygen atoms in total. The van der Waals surface area contributed by atoms with Gasteiger partial charge in [-0.2, -0.15) is 0 Å². The summed E-state index contributed by atoms with van der Waals surface area (Å²) >= 11 is 10.6. The van der Waals surface area contributed by atoms with Gasteiger partial charge in [0.1, 0.15) is 23.2 Å². The summed E-state index contributed by atoms with van der Waals surface area (Å²) in [6.45, 7) is 0. The molecule has 163 valence electrons. The van der Waals surface area contributed by atoms with E-state index in [0.717, 1.165) is 6.16 Å². The van der Waals surface area contributed by atoms with Crippen LogP contribution in [0.25, 0.3) is 0 Å². The first-order valence-electron chi connectivity index (χ1n) is 9.52. The van der Waals surface area contributed by atoms with Gasteiger partial charge in [0.15, 0.2) is 0 Å². The first kappa shape index (κ1) is 26.1. The minimum Gasteiger partial charge on any atom is -0.0622 e. The van der Waals surface area contributed by atoms with E-state index in [9.17, 15) is 0 Å². The Bertz CT molecular complexity index is 941. The molecule has 0 aliphatic rings. The van der Waals surface area contributed by atoms with Gasteiger partial charge in [0.05, 0.1) is 6.16 Å². The van der Waals surface area contributed by atoms with Crippen molar-refractivity contribution in [2.24, 2.45) is 0 Å². The van der Waals surface area contributed by atoms with Crippen molar-refractivity contribution in [1.29, 1.82) is 0 Å². The molecule has 0 aromatic heterocycles. The van der Waals surface area contributed by atoms with Crippen LogP contribution in [0.4, 0.5) is 0 Å². The number of halogens is 4. The van der Waals surface area contributed by atoms with E-state index in [-0.39, 0.29) is 0 Å². The van der Waals surface area contributed by atoms with E-state index in [1.807, 2.05) is 0 Å². The SMILES string of the molecule is [Br][Fe-]([I])([I])[I].c1ccc(C[P+](c2ccccc2)(c2ccccc2)c2ccccc2)cc1. The van der Waals surface area contributed by atoms with Crippen LogP contribution in [-0.4, -0.2) is 0 Å². The molecule has 0 fully saturated rings. The van der Waals surface area contributed by atoms with E-state index in [4.69, 9.17) is 0 Å². The van der Waals surface area contributed by atoms with Crippen molar-refractivity contribution in [2.75, 3.05) is 0 Å². The second-order valence-electron chi connectivity index (χ2n) is 6.76. The molecule has 0 radical (unpaired) electrons. The smallest absolute Gasteiger partial charge is 0.0622 e. The van der Waals surface area contributed by atoms with Crippen molar-refractivity contribution in [1.82, 2.24) is 0 Å². The van der Waals surface area contributed by atoms with Gasteiger partial charge >= 0.3 is 76.4 Å². The van der Waals surface area contributed by atoms with Gasteiger partial charge in [0.2, 0.25) is 0 Å². The molecule has 0 amide bonds. The maximum atomic E-state index is 3.46. The van der Waals surface area contributed by atoms with Gasteiger partial charge in [-0.15, -0.1) is 0 Å². The average molecular weight is 870 g/mol. The van der Waals surface area contributed by atoms with E-state index < -0.39 is 8.55 Å². The van der Waals surface area contributed by atoms with Crippen LogP contribution in [0.2, 0.25) is 0 Å². The fraction of sp³-hybridized carbons (Fsp3) is 0.0400. The molecule has 0 saturated carbocycles. The maximum absolute atomic E-state index is 3.46. The van der Waals surface area contributed by atoms with Crippen molar-refractivity contribution in [3.05, 3.63) is 127 Å². The molecule has 0 N–H and O–H groups in total. The summed E-state index contributed by atoms with van der Waals surface area (Å²) in [5.74, 6) is 0. The number of hydrogen-bond donors (Lipinski definition) is 0. The van der Waals surface area contributed by atoms with Gasteiger partial charge in [-0.05, 0) is 42.0 Å². The zero-order valence-corrected chi connectivity index (χ0v) is 26.6. The van der Waals surface area contributed by atoms with Crippen LogP contribution in [0, 0.1) is 0 Å². The minimum atomic E-state index is -1.78. The summed E-state index contributed by atoms with van der Waals surface area (Å²) in [6.07, 6.45) is 1.03. The second-order valence-corrected chi connectivity index (χ2v) is 59.8. The number of hydrogen-bond acceptors (Lipinski definition) is 0. The van der Waals surface area contributed by atoms with E-state index in [2.05, 4.69) is 196 Å². The topological polar surface area (TPSA) is 0 Å². The van der Waals surface area contributed by atoms with Crippen LogP contribution in [0.1, 0.15) is 5.56 Å². The largest absolute Gasteiger partial charge is 0.116 e. The predicted molar refractivity (Wildman–Crippen MR) is 166 cm³/mol. The third-order valence-electron chi connectivity index (χ3n) is 4.85. The summed E-state index contributed by atoms with van der Waals surface area (Å²) in [4.78, 5) is 0. The summed E-state index contributed by atoms with van der Waals surface area (Å²) in [5, 5.41) is 4.30. The Morgan fingerprint density at radius 2 is 0.774 bits per heavy atom. The molecule has 0 atom stereocenters. The van der Waals surface area contributed by atoms with Gasteiger partial charge in [0, 0.05) is 0 Å². The third kappa shape index (κ3) is 8.04. The zero-order valence-electron chi connectivity index (χ0n) is 16.6. The van der Waals surface area contributed by atoms with Crippen LogP contribution in [0.3, 0.4) is 0 Å². The summed E-state index contributed by atoms with van der Waals surface area (Å²) in [7, 11) is -1.78. The van der Waals surface area contributed by atoms with Gasteiger partial charge in [-0.1, -0.05) is 84.9 Å². The molecule has 4 aromatic rings. The first-order valence-corrected chi connectivity index (χ1v) is 24.9. The number of rotatable bonds is 5. The number of benzene rings is 4. The van der Waals surface area contributed by atoms with Crippen molar-refractivity contribution in [2.45, 2.75) is 6.16 Å². The third-order valence-corrected chi connectivity index (χ3v) is 9.23. The van der Waals surface area contributed by atoms with Crippen LogP contribution in [0.5, 0.6) is 0 Å². The first-order chi connectivity index (χ1) is 14.9. The van der Waals surface area contributed by atoms with E-state index >= 15 is 0 Å². The molecular formula is C25H22BrFeI3P. The summed E-state index contributed by atoms with van der Waals surface area (Å²) in [5.41, 5.74) is 1.39. The van der Waals surface area contributed by atoms with Crippen LogP contribution in [-0.2, 0) is 7.45 Å². The fourth-order valence-electron chi connectivity index (χ4n) is 3.63. The fourth-order valence-corrected chi connectivity index (χ4v) is 7.87. The zero-order chi connectivity index (χ0) is 22.2. The van der Waals surface area contributed by atoms with Crippen LogP contribution >= 0.6 is 82.4 Å². The van der Waals surface area contributed by atoms with E-state index in [1.54, 1.807) is 0 Å². The monoisotopic (exact) mass is 869 g/mol. The Kier molecular flexibility index (Phi) is 10.8. The molecule has 0 heterocycles. The van der Waals surface area contributed by atoms with E-state index in [1.165, 1.54) is 21.5 Å². The molecule has 0 aliphatic carbocycles. The van der Waals surface area contributed by atoms with Gasteiger partial charge in [-0.3, -0.25) is 0 Å². The van der Waals surface area contributed by atoms with Crippen LogP contribution in [0.15, 0.2) is 121 Å². The normalized spacial score (nSPS) is 11.9. The average Bonchev–Trinajstić information content (AvgIpc) is 2.79. The molecule has 0 saturated heterocycles. The second kappa shape index (κ2) is 12.8. The maximum Gasteiger partial charge on any atom is 0.116 e. The van der Waals surface area contributed by atoms with Crippen LogP contribution < -0.4 is 15.9 Å². The van der Waals surface area contributed by atoms with Gasteiger partial charge < -0.3 is 0 Å². The quantitative estimate of drug-likeness (QED) is 0.107. The van der Waals surface area contributed by atoms with E-state index in [0.29, 0.717) is 0 Å². The minimum absolute atomic E-state index is 0.778. The van der Waals surface area contributed by atoms with Crippen molar-refractivity contribution >= 4 is 98.3 Å². The summed E-state index contributed by atoms with van der Waals surface area (Å²) in [6, 6.07) is 44.0. The summed E-state index contributed by atoms with van der Waals surface area (Å²) < 4.78 is -0.778. The van der Waals surface area contributed by atoms with Crippen molar-refractivity contribution in [3.8, 4) is 0 Å². The van der Waals surface area contributed by atoms with Crippen molar-refractivity contribution < 1.29 is 1.29 Å². The Balaban J connectivity index is 0.000000491. The molecular weight excluding hydrogens is 848 g/mol. The standard InChI is InChI=1S/C25H22P.BrH.Fe.3HI/c1-5-13-22(14-6-1)21-26(23-15-7-2-8-16-23,24-17-9-3-10-18-24)25-19-11-4-12-20-25;;;;;/h1-20H,21H2;1H;;3*1H/q+1;;+3;;;/p-4. The molecule has 4 rings (SSSR count). The Labute approximate surface area is 229 Å². The Hall–Kier alpha value is 0.499. The molecule has 0 spiro atoms. The molecule has 6 heteroatoms. The predicted octanol–water partition coefficient (Wildman–Crippen LogP) is 8.68. The molecule has 0 bridgehead atoms. The van der Waals surface area contributed by atoms with Gasteiger partial charge in [-0.25, -0.2) is 0 Å². The van der Waals surface area contributed by atoms with Gasteiger partial charge in [0.25, 0.3) is 0 Å². The molecule has 0 aliphatic heterocycles. The Morgan fingerprint density at radius 1 is 0.516 bits per heavy atom. The Morgan fingerprint density at radius 3 is 1.06 bits per heavy atom.